The number of hydrogen-bond donors (Lipinski definition) is 3. The monoisotopic (exact) mass is 1020 g/mol. The van der Waals surface area contributed by atoms with Crippen molar-refractivity contribution in [3.8, 4) is 0 Å². The molecule has 0 radical (unpaired) electrons. The zero-order valence-corrected chi connectivity index (χ0v) is 46.1. The van der Waals surface area contributed by atoms with Gasteiger partial charge in [-0.3, -0.25) is 14.5 Å². The normalized spacial score (nSPS) is 12.6. The van der Waals surface area contributed by atoms with Crippen LogP contribution in [0.5, 0.6) is 0 Å². The fourth-order valence-corrected chi connectivity index (χ4v) is 7.72. The Hall–Kier alpha value is -2.43. The van der Waals surface area contributed by atoms with Crippen LogP contribution in [0.2, 0.25) is 5.28 Å². The number of hydrogen-bond acceptors (Lipinski definition) is 21. The third-order valence-electron chi connectivity index (χ3n) is 7.70. The van der Waals surface area contributed by atoms with E-state index in [1.807, 2.05) is 0 Å². The Morgan fingerprint density at radius 1 is 0.631 bits per heavy atom. The molecule has 32 heteroatoms. The Bertz CT molecular complexity index is 3380. The van der Waals surface area contributed by atoms with Crippen LogP contribution in [0.3, 0.4) is 0 Å². The molecule has 0 spiro atoms. The smallest absolute Gasteiger partial charge is 0.862 e. The van der Waals surface area contributed by atoms with E-state index in [1.54, 1.807) is 24.3 Å². The Kier molecular flexibility index (Phi) is 21.4. The number of nitrogens with one attached hydrogen (secondary N) is 2. The number of nitrogens with zero attached hydrogens (tertiary/aromatic N) is 8. The summed E-state index contributed by atoms with van der Waals surface area (Å²) in [6, 6.07) is 17.3. The van der Waals surface area contributed by atoms with Gasteiger partial charge in [-0.25, -0.2) is 30.2 Å². The molecule has 1 aromatic heterocycles. The van der Waals surface area contributed by atoms with Gasteiger partial charge >= 0.3 is 118 Å². The fourth-order valence-electron chi connectivity index (χ4n) is 5.12. The van der Waals surface area contributed by atoms with Crippen molar-refractivity contribution in [2.24, 2.45) is 30.4 Å². The molecule has 0 aliphatic heterocycles. The van der Waals surface area contributed by atoms with Crippen LogP contribution in [0.15, 0.2) is 141 Å². The Balaban J connectivity index is 0.00000363. The van der Waals surface area contributed by atoms with Crippen molar-refractivity contribution in [2.45, 2.75) is 26.5 Å². The maximum atomic E-state index is 12.3. The number of anilines is 2. The first-order valence-corrected chi connectivity index (χ1v) is 22.3. The minimum atomic E-state index is -5.48. The minimum Gasteiger partial charge on any atom is -0.862 e. The average molecular weight is 1020 g/mol. The molecule has 65 heavy (non-hydrogen) atoms. The number of halogens is 1. The van der Waals surface area contributed by atoms with E-state index in [9.17, 15) is 57.0 Å². The van der Waals surface area contributed by atoms with Crippen molar-refractivity contribution in [2.75, 3.05) is 5.32 Å². The molecule has 0 aliphatic carbocycles. The summed E-state index contributed by atoms with van der Waals surface area (Å²) in [7, 11) is -20.6. The van der Waals surface area contributed by atoms with Gasteiger partial charge in [-0.2, -0.15) is 28.6 Å². The van der Waals surface area contributed by atoms with E-state index in [0.29, 0.717) is 41.3 Å². The van der Waals surface area contributed by atoms with Crippen LogP contribution in [0.1, 0.15) is 6.92 Å². The first-order valence-electron chi connectivity index (χ1n) is 16.2. The molecule has 0 fully saturated rings. The van der Waals surface area contributed by atoms with E-state index in [-0.39, 0.29) is 152 Å². The second kappa shape index (κ2) is 23.7. The summed E-state index contributed by atoms with van der Waals surface area (Å²) in [5.41, 5.74) is 0.0753. The van der Waals surface area contributed by atoms with Gasteiger partial charge in [-0.15, -0.1) is 10.2 Å². The summed E-state index contributed by atoms with van der Waals surface area (Å²) >= 11 is 6.18. The standard InChI is InChI=1S/C33H25ClN10O13S4.4Na/c1-17(45)35-27-14-22(8-11-26(27)43-44-28-16-25-18(13-30(28)61(55,56)57)12-24(59(49,50)51)15-29(25)60(52,53)54)37-33-39-31(34)38-32(40-33)36-19-2-4-20(5-3-19)41-42-21-6-9-23(10-7-21)58(46,47)48;;;;/h2-16H,1H3,(H,35,45)(H,46,47,48)(H,49,50,51)(H,52,53,54)(H,55,56,57)(H2,36,37,38,39,40);;;;/q;4*+1/p-4. The number of H-pyrrole nitrogens is 1. The van der Waals surface area contributed by atoms with E-state index in [1.165, 1.54) is 30.3 Å². The number of azo groups is 2. The van der Waals surface area contributed by atoms with Crippen LogP contribution in [0.4, 0.5) is 45.8 Å². The van der Waals surface area contributed by atoms with Gasteiger partial charge in [0.2, 0.25) is 16.9 Å². The van der Waals surface area contributed by atoms with Crippen molar-refractivity contribution >= 4 is 115 Å². The number of aromatic nitrogens is 3. The number of aliphatic imine (C=N–C) groups is 1. The fraction of sp³-hybridized carbons (Fsp3) is 0.0303. The van der Waals surface area contributed by atoms with Gasteiger partial charge in [0.05, 0.1) is 37.4 Å². The molecule has 3 N–H and O–H groups in total. The van der Waals surface area contributed by atoms with Crippen molar-refractivity contribution in [1.82, 2.24) is 15.0 Å². The van der Waals surface area contributed by atoms with Crippen molar-refractivity contribution in [3.63, 3.8) is 0 Å². The number of aromatic amines is 1. The van der Waals surface area contributed by atoms with Gasteiger partial charge in [0.25, 0.3) is 10.1 Å². The summed E-state index contributed by atoms with van der Waals surface area (Å²) in [5.74, 6) is -0.747. The molecular weight excluding hydrogens is 1000 g/mol. The quantitative estimate of drug-likeness (QED) is 0.0337. The van der Waals surface area contributed by atoms with E-state index in [0.717, 1.165) is 19.1 Å². The van der Waals surface area contributed by atoms with Crippen molar-refractivity contribution < 1.29 is 175 Å². The predicted molar refractivity (Wildman–Crippen MR) is 208 cm³/mol. The predicted octanol–water partition coefficient (Wildman–Crippen LogP) is -7.20. The SMILES string of the molecule is CC([O-])=Nc1cc(N=c2nc(Nc3ccc(N=Nc4ccc(S(=O)(=O)[O-])cc4)cc3)nc(Cl)[nH]2)ccc1N=Nc1cc2c(S(=O)(=O)[O-])cc(S(=O)(=O)[O-])cc2cc1S(=O)(=O)O.[Na+].[Na+].[Na+].[Na+]. The summed E-state index contributed by atoms with van der Waals surface area (Å²) in [6.07, 6.45) is 0. The van der Waals surface area contributed by atoms with Gasteiger partial charge in [-0.05, 0) is 121 Å². The average Bonchev–Trinajstić information content (AvgIpc) is 3.15. The largest absolute Gasteiger partial charge is 1.00 e. The van der Waals surface area contributed by atoms with E-state index in [2.05, 4.69) is 50.7 Å². The molecule has 6 aromatic rings. The zero-order chi connectivity index (χ0) is 44.5. The number of rotatable bonds is 12. The van der Waals surface area contributed by atoms with E-state index in [4.69, 9.17) is 11.6 Å². The second-order valence-corrected chi connectivity index (χ2v) is 17.9. The maximum Gasteiger partial charge on any atom is 1.00 e. The zero-order valence-electron chi connectivity index (χ0n) is 34.1. The Morgan fingerprint density at radius 3 is 1.72 bits per heavy atom. The van der Waals surface area contributed by atoms with Crippen LogP contribution in [-0.4, -0.2) is 72.7 Å². The molecule has 0 amide bonds. The van der Waals surface area contributed by atoms with Gasteiger partial charge in [0.1, 0.15) is 46.6 Å². The summed E-state index contributed by atoms with van der Waals surface area (Å²) in [6.45, 7) is 1.10. The second-order valence-electron chi connectivity index (χ2n) is 12.1. The number of fused-ring (bicyclic) bond motifs is 1. The van der Waals surface area contributed by atoms with Crippen LogP contribution in [0.25, 0.3) is 10.8 Å². The number of benzene rings is 5. The summed E-state index contributed by atoms with van der Waals surface area (Å²) in [5, 5.41) is 29.5. The molecule has 0 saturated heterocycles. The van der Waals surface area contributed by atoms with E-state index >= 15 is 0 Å². The third kappa shape index (κ3) is 16.1. The maximum absolute atomic E-state index is 12.3. The van der Waals surface area contributed by atoms with Crippen LogP contribution >= 0.6 is 11.6 Å². The third-order valence-corrected chi connectivity index (χ3v) is 11.3. The van der Waals surface area contributed by atoms with Crippen molar-refractivity contribution in [3.05, 3.63) is 102 Å². The molecule has 23 nitrogen and oxygen atoms in total. The Morgan fingerprint density at radius 2 is 1.18 bits per heavy atom. The first kappa shape index (κ1) is 58.7. The molecular formula is C33H21ClN10Na4O13S4. The van der Waals surface area contributed by atoms with Gasteiger partial charge in [-0.1, -0.05) is 0 Å². The van der Waals surface area contributed by atoms with Crippen LogP contribution < -0.4 is 134 Å². The van der Waals surface area contributed by atoms with Crippen LogP contribution in [0, 0.1) is 0 Å². The molecule has 0 aliphatic rings. The molecule has 0 atom stereocenters. The molecule has 0 unspecified atom stereocenters. The molecule has 0 bridgehead atoms. The van der Waals surface area contributed by atoms with Gasteiger partial charge < -0.3 is 24.1 Å². The summed E-state index contributed by atoms with van der Waals surface area (Å²) < 4.78 is 139. The molecule has 0 saturated carbocycles. The van der Waals surface area contributed by atoms with Crippen molar-refractivity contribution in [1.29, 1.82) is 0 Å². The van der Waals surface area contributed by atoms with Gasteiger partial charge in [0.15, 0.2) is 0 Å². The molecule has 5 aromatic carbocycles. The molecule has 1 heterocycles. The first-order chi connectivity index (χ1) is 28.4. The topological polar surface area (TPSA) is 377 Å². The molecule has 6 rings (SSSR count). The summed E-state index contributed by atoms with van der Waals surface area (Å²) in [4.78, 5) is 15.4. The van der Waals surface area contributed by atoms with Crippen LogP contribution in [-0.2, 0) is 40.5 Å². The van der Waals surface area contributed by atoms with E-state index < -0.39 is 82.4 Å². The van der Waals surface area contributed by atoms with Gasteiger partial charge in [0, 0.05) is 11.1 Å². The minimum absolute atomic E-state index is 0. The molecule has 316 valence electrons. The Labute approximate surface area is 462 Å².